The number of aryl methyl sites for hydroxylation is 2. The van der Waals surface area contributed by atoms with E-state index in [9.17, 15) is 0 Å². The van der Waals surface area contributed by atoms with Crippen molar-refractivity contribution in [1.82, 2.24) is 0 Å². The summed E-state index contributed by atoms with van der Waals surface area (Å²) in [5, 5.41) is 0. The number of benzene rings is 7. The Morgan fingerprint density at radius 2 is 0.569 bits per heavy atom. The topological polar surface area (TPSA) is 9.72 Å². The summed E-state index contributed by atoms with van der Waals surface area (Å²) in [7, 11) is 0. The van der Waals surface area contributed by atoms with Crippen LogP contribution < -0.4 is 14.7 Å². The predicted molar refractivity (Wildman–Crippen MR) is 220 cm³/mol. The average molecular weight is 660 g/mol. The summed E-state index contributed by atoms with van der Waals surface area (Å²) in [5.74, 6) is 0. The van der Waals surface area contributed by atoms with Crippen LogP contribution in [0.3, 0.4) is 0 Å². The highest BCUT2D eigenvalue weighted by molar-refractivity contribution is 5.89. The highest BCUT2D eigenvalue weighted by Crippen LogP contribution is 2.46. The number of rotatable bonds is 11. The molecule has 3 heteroatoms. The fraction of sp³-hybridized carbons (Fsp3) is 0.0417. The highest BCUT2D eigenvalue weighted by atomic mass is 15.2. The molecule has 7 aromatic carbocycles. The van der Waals surface area contributed by atoms with Gasteiger partial charge in [0.15, 0.2) is 0 Å². The largest absolute Gasteiger partial charge is 0.310 e. The molecule has 0 amide bonds. The molecule has 0 N–H and O–H groups in total. The van der Waals surface area contributed by atoms with Gasteiger partial charge in [0.2, 0.25) is 0 Å². The Morgan fingerprint density at radius 3 is 0.843 bits per heavy atom. The predicted octanol–water partition coefficient (Wildman–Crippen LogP) is 14.0. The van der Waals surface area contributed by atoms with E-state index in [1.165, 1.54) is 11.1 Å². The molecule has 0 fully saturated rings. The zero-order valence-electron chi connectivity index (χ0n) is 29.2. The maximum atomic E-state index is 3.99. The first-order valence-corrected chi connectivity index (χ1v) is 17.2. The summed E-state index contributed by atoms with van der Waals surface area (Å²) >= 11 is 0. The minimum atomic E-state index is 1.02. The van der Waals surface area contributed by atoms with Crippen LogP contribution in [0.2, 0.25) is 0 Å². The number of anilines is 9. The van der Waals surface area contributed by atoms with E-state index >= 15 is 0 Å². The van der Waals surface area contributed by atoms with Gasteiger partial charge in [0.05, 0.1) is 17.1 Å². The maximum Gasteiger partial charge on any atom is 0.0503 e. The van der Waals surface area contributed by atoms with E-state index in [-0.39, 0.29) is 0 Å². The molecule has 0 saturated heterocycles. The molecule has 51 heavy (non-hydrogen) atoms. The SMILES string of the molecule is C=Cc1ccc(N(c2ccc(C)cc2)c2cc(N(c3ccccc3)c3ccccc3)cc(N(c3ccc(C)cc3)c3ccc(C=C)cc3)c2)cc1. The second-order valence-corrected chi connectivity index (χ2v) is 12.6. The molecule has 0 radical (unpaired) electrons. The molecule has 248 valence electrons. The lowest BCUT2D eigenvalue weighted by atomic mass is 10.1. The molecule has 0 saturated carbocycles. The van der Waals surface area contributed by atoms with Crippen LogP contribution in [0.5, 0.6) is 0 Å². The summed E-state index contributed by atoms with van der Waals surface area (Å²) in [6.45, 7) is 12.2. The third kappa shape index (κ3) is 7.24. The van der Waals surface area contributed by atoms with Gasteiger partial charge in [-0.15, -0.1) is 0 Å². The van der Waals surface area contributed by atoms with Crippen molar-refractivity contribution in [3.05, 3.63) is 211 Å². The number of nitrogens with zero attached hydrogens (tertiary/aromatic N) is 3. The lowest BCUT2D eigenvalue weighted by molar-refractivity contribution is 1.22. The number of para-hydroxylation sites is 2. The fourth-order valence-electron chi connectivity index (χ4n) is 6.37. The third-order valence-electron chi connectivity index (χ3n) is 9.05. The third-order valence-corrected chi connectivity index (χ3v) is 9.05. The minimum Gasteiger partial charge on any atom is -0.310 e. The average Bonchev–Trinajstić information content (AvgIpc) is 3.18. The molecule has 0 aliphatic heterocycles. The van der Waals surface area contributed by atoms with Crippen molar-refractivity contribution in [1.29, 1.82) is 0 Å². The van der Waals surface area contributed by atoms with Gasteiger partial charge in [-0.05, 0) is 116 Å². The summed E-state index contributed by atoms with van der Waals surface area (Å²) in [6.07, 6.45) is 3.76. The summed E-state index contributed by atoms with van der Waals surface area (Å²) in [4.78, 5) is 7.00. The van der Waals surface area contributed by atoms with Crippen LogP contribution in [0.25, 0.3) is 12.2 Å². The van der Waals surface area contributed by atoms with Gasteiger partial charge in [0.1, 0.15) is 0 Å². The van der Waals surface area contributed by atoms with Gasteiger partial charge in [-0.2, -0.15) is 0 Å². The molecule has 0 aliphatic rings. The normalized spacial score (nSPS) is 10.7. The van der Waals surface area contributed by atoms with Gasteiger partial charge < -0.3 is 14.7 Å². The second-order valence-electron chi connectivity index (χ2n) is 12.6. The first kappa shape index (κ1) is 32.9. The molecule has 0 bridgehead atoms. The highest BCUT2D eigenvalue weighted by Gasteiger charge is 2.22. The lowest BCUT2D eigenvalue weighted by Crippen LogP contribution is -2.16. The molecular weight excluding hydrogens is 619 g/mol. The Morgan fingerprint density at radius 1 is 0.314 bits per heavy atom. The van der Waals surface area contributed by atoms with E-state index in [0.717, 1.165) is 62.3 Å². The number of hydrogen-bond acceptors (Lipinski definition) is 3. The van der Waals surface area contributed by atoms with Crippen molar-refractivity contribution in [3.8, 4) is 0 Å². The first-order chi connectivity index (χ1) is 25.0. The molecular formula is C48H41N3. The molecule has 0 heterocycles. The fourth-order valence-corrected chi connectivity index (χ4v) is 6.37. The zero-order valence-corrected chi connectivity index (χ0v) is 29.2. The molecule has 0 atom stereocenters. The molecule has 0 aromatic heterocycles. The van der Waals surface area contributed by atoms with Crippen LogP contribution in [0.15, 0.2) is 189 Å². The lowest BCUT2D eigenvalue weighted by Gasteiger charge is -2.33. The Hall–Kier alpha value is -6.58. The summed E-state index contributed by atoms with van der Waals surface area (Å²) in [5.41, 5.74) is 14.0. The van der Waals surface area contributed by atoms with Gasteiger partial charge >= 0.3 is 0 Å². The van der Waals surface area contributed by atoms with Gasteiger partial charge in [0.25, 0.3) is 0 Å². The Balaban J connectivity index is 1.53. The van der Waals surface area contributed by atoms with Gasteiger partial charge in [-0.1, -0.05) is 121 Å². The van der Waals surface area contributed by atoms with Gasteiger partial charge in [-0.25, -0.2) is 0 Å². The number of hydrogen-bond donors (Lipinski definition) is 0. The minimum absolute atomic E-state index is 1.02. The van der Waals surface area contributed by atoms with Crippen LogP contribution in [0.1, 0.15) is 22.3 Å². The second kappa shape index (κ2) is 14.9. The Bertz CT molecular complexity index is 2060. The van der Waals surface area contributed by atoms with Gasteiger partial charge in [-0.3, -0.25) is 0 Å². The van der Waals surface area contributed by atoms with Crippen molar-refractivity contribution < 1.29 is 0 Å². The summed E-state index contributed by atoms with van der Waals surface area (Å²) in [6, 6.07) is 62.6. The van der Waals surface area contributed by atoms with Crippen LogP contribution in [-0.4, -0.2) is 0 Å². The summed E-state index contributed by atoms with van der Waals surface area (Å²) < 4.78 is 0. The van der Waals surface area contributed by atoms with E-state index in [4.69, 9.17) is 0 Å². The maximum absolute atomic E-state index is 3.99. The van der Waals surface area contributed by atoms with E-state index in [0.29, 0.717) is 0 Å². The van der Waals surface area contributed by atoms with Crippen molar-refractivity contribution >= 4 is 63.3 Å². The van der Waals surface area contributed by atoms with Crippen molar-refractivity contribution in [2.75, 3.05) is 14.7 Å². The quantitative estimate of drug-likeness (QED) is 0.137. The smallest absolute Gasteiger partial charge is 0.0503 e. The molecule has 7 aromatic rings. The molecule has 0 spiro atoms. The van der Waals surface area contributed by atoms with Crippen LogP contribution >= 0.6 is 0 Å². The van der Waals surface area contributed by atoms with Crippen LogP contribution in [-0.2, 0) is 0 Å². The Labute approximate surface area is 302 Å². The van der Waals surface area contributed by atoms with E-state index in [1.807, 2.05) is 12.2 Å². The monoisotopic (exact) mass is 659 g/mol. The zero-order chi connectivity index (χ0) is 35.2. The molecule has 3 nitrogen and oxygen atoms in total. The van der Waals surface area contributed by atoms with E-state index in [1.54, 1.807) is 0 Å². The molecule has 7 rings (SSSR count). The van der Waals surface area contributed by atoms with Crippen LogP contribution in [0.4, 0.5) is 51.2 Å². The van der Waals surface area contributed by atoms with E-state index in [2.05, 4.69) is 218 Å². The van der Waals surface area contributed by atoms with Crippen molar-refractivity contribution in [3.63, 3.8) is 0 Å². The van der Waals surface area contributed by atoms with Crippen LogP contribution in [0, 0.1) is 13.8 Å². The van der Waals surface area contributed by atoms with E-state index < -0.39 is 0 Å². The molecule has 0 unspecified atom stereocenters. The Kier molecular flexibility index (Phi) is 9.62. The van der Waals surface area contributed by atoms with Crippen molar-refractivity contribution in [2.45, 2.75) is 13.8 Å². The molecule has 0 aliphatic carbocycles. The standard InChI is InChI=1S/C48H41N3/c1-5-38-21-29-44(30-22-38)50(42-25-17-36(3)18-26-42)47-33-46(49(40-13-9-7-10-14-40)41-15-11-8-12-16-41)34-48(35-47)51(43-27-19-37(4)20-28-43)45-31-23-39(6-2)24-32-45/h5-35H,1-2H2,3-4H3. The van der Waals surface area contributed by atoms with Crippen molar-refractivity contribution in [2.24, 2.45) is 0 Å². The first-order valence-electron chi connectivity index (χ1n) is 17.2. The van der Waals surface area contributed by atoms with Gasteiger partial charge in [0, 0.05) is 34.1 Å².